The zero-order valence-electron chi connectivity index (χ0n) is 14.3. The molecule has 1 aliphatic carbocycles. The Bertz CT molecular complexity index is 691. The molecule has 3 rings (SSSR count). The standard InChI is InChI=1S/C17H26N2O4S/c1-12-6-5-7-14(13(12)2)18-17(20)15-8-9-16(23-15)24(21,22)19-10-3-4-11-19/h8-9,12-14H,3-7,10-11H2,1-2H3,(H,18,20)/t12-,13-,14-/m1/s1. The second-order valence-corrected chi connectivity index (χ2v) is 8.95. The summed E-state index contributed by atoms with van der Waals surface area (Å²) in [7, 11) is -3.62. The Hall–Kier alpha value is -1.34. The van der Waals surface area contributed by atoms with Crippen molar-refractivity contribution in [2.45, 2.75) is 57.1 Å². The van der Waals surface area contributed by atoms with E-state index in [2.05, 4.69) is 19.2 Å². The Balaban J connectivity index is 1.69. The number of nitrogens with one attached hydrogen (secondary N) is 1. The minimum absolute atomic E-state index is 0.0678. The van der Waals surface area contributed by atoms with Crippen LogP contribution in [-0.2, 0) is 10.0 Å². The normalized spacial score (nSPS) is 28.8. The van der Waals surface area contributed by atoms with Crippen LogP contribution in [0.15, 0.2) is 21.6 Å². The van der Waals surface area contributed by atoms with Crippen molar-refractivity contribution in [3.63, 3.8) is 0 Å². The van der Waals surface area contributed by atoms with Gasteiger partial charge in [-0.15, -0.1) is 0 Å². The number of hydrogen-bond acceptors (Lipinski definition) is 4. The largest absolute Gasteiger partial charge is 0.438 e. The Kier molecular flexibility index (Phi) is 5.01. The van der Waals surface area contributed by atoms with Gasteiger partial charge in [-0.3, -0.25) is 4.79 Å². The minimum Gasteiger partial charge on any atom is -0.438 e. The third-order valence-electron chi connectivity index (χ3n) is 5.49. The maximum atomic E-state index is 12.5. The quantitative estimate of drug-likeness (QED) is 0.901. The molecule has 24 heavy (non-hydrogen) atoms. The van der Waals surface area contributed by atoms with Crippen molar-refractivity contribution in [2.24, 2.45) is 11.8 Å². The van der Waals surface area contributed by atoms with Crippen LogP contribution in [0.4, 0.5) is 0 Å². The van der Waals surface area contributed by atoms with E-state index in [1.165, 1.54) is 22.9 Å². The highest BCUT2D eigenvalue weighted by Gasteiger charge is 2.32. The Morgan fingerprint density at radius 3 is 2.58 bits per heavy atom. The van der Waals surface area contributed by atoms with E-state index in [4.69, 9.17) is 4.42 Å². The van der Waals surface area contributed by atoms with Gasteiger partial charge in [0.15, 0.2) is 5.76 Å². The zero-order chi connectivity index (χ0) is 17.3. The molecule has 3 atom stereocenters. The van der Waals surface area contributed by atoms with Crippen molar-refractivity contribution >= 4 is 15.9 Å². The van der Waals surface area contributed by atoms with E-state index in [0.717, 1.165) is 25.7 Å². The molecule has 6 nitrogen and oxygen atoms in total. The van der Waals surface area contributed by atoms with Gasteiger partial charge in [-0.25, -0.2) is 8.42 Å². The number of rotatable bonds is 4. The van der Waals surface area contributed by atoms with Crippen molar-refractivity contribution in [2.75, 3.05) is 13.1 Å². The molecule has 0 unspecified atom stereocenters. The van der Waals surface area contributed by atoms with Crippen LogP contribution < -0.4 is 5.32 Å². The smallest absolute Gasteiger partial charge is 0.287 e. The van der Waals surface area contributed by atoms with Crippen molar-refractivity contribution in [3.05, 3.63) is 17.9 Å². The van der Waals surface area contributed by atoms with E-state index in [9.17, 15) is 13.2 Å². The fourth-order valence-corrected chi connectivity index (χ4v) is 5.09. The van der Waals surface area contributed by atoms with Gasteiger partial charge >= 0.3 is 0 Å². The van der Waals surface area contributed by atoms with E-state index in [1.54, 1.807) is 0 Å². The summed E-state index contributed by atoms with van der Waals surface area (Å²) in [6.45, 7) is 5.39. The predicted molar refractivity (Wildman–Crippen MR) is 90.1 cm³/mol. The Morgan fingerprint density at radius 2 is 1.88 bits per heavy atom. The van der Waals surface area contributed by atoms with E-state index in [1.807, 2.05) is 0 Å². The molecule has 1 aromatic rings. The molecule has 0 radical (unpaired) electrons. The van der Waals surface area contributed by atoms with Crippen molar-refractivity contribution in [3.8, 4) is 0 Å². The van der Waals surface area contributed by atoms with Gasteiger partial charge in [0, 0.05) is 19.1 Å². The number of furan rings is 1. The first-order valence-electron chi connectivity index (χ1n) is 8.80. The first kappa shape index (κ1) is 17.5. The summed E-state index contributed by atoms with van der Waals surface area (Å²) in [5.41, 5.74) is 0. The van der Waals surface area contributed by atoms with Gasteiger partial charge in [0.1, 0.15) is 0 Å². The Labute approximate surface area is 143 Å². The second-order valence-electron chi connectivity index (χ2n) is 7.08. The van der Waals surface area contributed by atoms with Crippen LogP contribution in [0.2, 0.25) is 0 Å². The predicted octanol–water partition coefficient (Wildman–Crippen LogP) is 2.62. The van der Waals surface area contributed by atoms with Gasteiger partial charge in [-0.05, 0) is 43.2 Å². The van der Waals surface area contributed by atoms with E-state index in [-0.39, 0.29) is 22.8 Å². The fraction of sp³-hybridized carbons (Fsp3) is 0.706. The van der Waals surface area contributed by atoms with Gasteiger partial charge in [-0.1, -0.05) is 26.7 Å². The lowest BCUT2D eigenvalue weighted by Gasteiger charge is -2.34. The molecule has 1 aliphatic heterocycles. The number of hydrogen-bond donors (Lipinski definition) is 1. The average Bonchev–Trinajstić information content (AvgIpc) is 3.22. The van der Waals surface area contributed by atoms with E-state index >= 15 is 0 Å². The summed E-state index contributed by atoms with van der Waals surface area (Å²) >= 11 is 0. The maximum Gasteiger partial charge on any atom is 0.287 e. The van der Waals surface area contributed by atoms with Crippen LogP contribution in [0.25, 0.3) is 0 Å². The van der Waals surface area contributed by atoms with E-state index in [0.29, 0.717) is 24.9 Å². The zero-order valence-corrected chi connectivity index (χ0v) is 15.1. The molecule has 1 saturated heterocycles. The monoisotopic (exact) mass is 354 g/mol. The summed E-state index contributed by atoms with van der Waals surface area (Å²) in [4.78, 5) is 12.4. The highest BCUT2D eigenvalue weighted by atomic mass is 32.2. The topological polar surface area (TPSA) is 79.6 Å². The molecule has 1 amide bonds. The van der Waals surface area contributed by atoms with E-state index < -0.39 is 10.0 Å². The van der Waals surface area contributed by atoms with Crippen molar-refractivity contribution in [1.29, 1.82) is 0 Å². The highest BCUT2D eigenvalue weighted by Crippen LogP contribution is 2.30. The molecule has 2 heterocycles. The molecule has 0 aromatic carbocycles. The lowest BCUT2D eigenvalue weighted by Crippen LogP contribution is -2.43. The molecular formula is C17H26N2O4S. The molecule has 2 aliphatic rings. The Morgan fingerprint density at radius 1 is 1.17 bits per heavy atom. The molecule has 2 fully saturated rings. The fourth-order valence-electron chi connectivity index (χ4n) is 3.66. The van der Waals surface area contributed by atoms with Gasteiger partial charge in [0.25, 0.3) is 15.9 Å². The molecule has 1 aromatic heterocycles. The highest BCUT2D eigenvalue weighted by molar-refractivity contribution is 7.89. The molecule has 0 spiro atoms. The number of amides is 1. The maximum absolute atomic E-state index is 12.5. The van der Waals surface area contributed by atoms with Gasteiger partial charge < -0.3 is 9.73 Å². The third kappa shape index (κ3) is 3.37. The van der Waals surface area contributed by atoms with Crippen LogP contribution in [0.5, 0.6) is 0 Å². The first-order valence-corrected chi connectivity index (χ1v) is 10.2. The van der Waals surface area contributed by atoms with Gasteiger partial charge in [0.2, 0.25) is 5.09 Å². The van der Waals surface area contributed by atoms with Crippen LogP contribution in [0.3, 0.4) is 0 Å². The molecule has 134 valence electrons. The number of carbonyl (C=O) groups excluding carboxylic acids is 1. The minimum atomic E-state index is -3.62. The summed E-state index contributed by atoms with van der Waals surface area (Å²) in [5.74, 6) is 0.722. The SMILES string of the molecule is C[C@@H]1[C@H](C)CCC[C@H]1NC(=O)c1ccc(S(=O)(=O)N2CCCC2)o1. The van der Waals surface area contributed by atoms with Crippen LogP contribution in [0.1, 0.15) is 56.5 Å². The lowest BCUT2D eigenvalue weighted by atomic mass is 9.78. The summed E-state index contributed by atoms with van der Waals surface area (Å²) in [5, 5.41) is 2.87. The van der Waals surface area contributed by atoms with Crippen molar-refractivity contribution in [1.82, 2.24) is 9.62 Å². The van der Waals surface area contributed by atoms with Crippen molar-refractivity contribution < 1.29 is 17.6 Å². The molecule has 0 bridgehead atoms. The molecule has 1 saturated carbocycles. The second kappa shape index (κ2) is 6.88. The first-order chi connectivity index (χ1) is 11.4. The third-order valence-corrected chi connectivity index (χ3v) is 7.26. The number of sulfonamides is 1. The van der Waals surface area contributed by atoms with Gasteiger partial charge in [0.05, 0.1) is 0 Å². The number of nitrogens with zero attached hydrogens (tertiary/aromatic N) is 1. The molecule has 1 N–H and O–H groups in total. The summed E-state index contributed by atoms with van der Waals surface area (Å²) in [6.07, 6.45) is 4.97. The molecular weight excluding hydrogens is 328 g/mol. The van der Waals surface area contributed by atoms with Crippen LogP contribution >= 0.6 is 0 Å². The number of carbonyl (C=O) groups is 1. The van der Waals surface area contributed by atoms with Crippen LogP contribution in [-0.4, -0.2) is 37.8 Å². The lowest BCUT2D eigenvalue weighted by molar-refractivity contribution is 0.0857. The molecule has 7 heteroatoms. The van der Waals surface area contributed by atoms with Gasteiger partial charge in [-0.2, -0.15) is 4.31 Å². The average molecular weight is 354 g/mol. The summed E-state index contributed by atoms with van der Waals surface area (Å²) in [6, 6.07) is 2.95. The van der Waals surface area contributed by atoms with Crippen LogP contribution in [0, 0.1) is 11.8 Å². The summed E-state index contributed by atoms with van der Waals surface area (Å²) < 4.78 is 31.7.